The molecule has 1 aliphatic heterocycles. The predicted molar refractivity (Wildman–Crippen MR) is 98.2 cm³/mol. The van der Waals surface area contributed by atoms with Crippen molar-refractivity contribution in [1.82, 2.24) is 14.9 Å². The number of fused-ring (bicyclic) bond motifs is 1. The van der Waals surface area contributed by atoms with Crippen molar-refractivity contribution in [2.24, 2.45) is 0 Å². The van der Waals surface area contributed by atoms with Crippen LogP contribution in [0.2, 0.25) is 0 Å². The summed E-state index contributed by atoms with van der Waals surface area (Å²) in [6.45, 7) is 0. The molecule has 4 rings (SSSR count). The van der Waals surface area contributed by atoms with Gasteiger partial charge in [0.25, 0.3) is 0 Å². The summed E-state index contributed by atoms with van der Waals surface area (Å²) in [4.78, 5) is 0. The molecule has 0 bridgehead atoms. The Morgan fingerprint density at radius 3 is 2.48 bits per heavy atom. The SMILES string of the molecule is COc1ccc(C2=CSc3nnc(-c4cccc(OC)c4)n3N2)cc1. The summed E-state index contributed by atoms with van der Waals surface area (Å²) in [5.41, 5.74) is 6.35. The molecule has 0 saturated carbocycles. The van der Waals surface area contributed by atoms with Crippen molar-refractivity contribution in [1.29, 1.82) is 0 Å². The Morgan fingerprint density at radius 2 is 1.72 bits per heavy atom. The second kappa shape index (κ2) is 6.52. The van der Waals surface area contributed by atoms with E-state index >= 15 is 0 Å². The van der Waals surface area contributed by atoms with Gasteiger partial charge in [-0.25, -0.2) is 4.68 Å². The van der Waals surface area contributed by atoms with Gasteiger partial charge < -0.3 is 9.47 Å². The van der Waals surface area contributed by atoms with Gasteiger partial charge in [0.1, 0.15) is 11.5 Å². The Bertz CT molecular complexity index is 935. The van der Waals surface area contributed by atoms with Crippen molar-refractivity contribution in [2.45, 2.75) is 5.16 Å². The van der Waals surface area contributed by atoms with Gasteiger partial charge in [0.05, 0.1) is 19.9 Å². The molecule has 2 heterocycles. The summed E-state index contributed by atoms with van der Waals surface area (Å²) in [5, 5.41) is 11.4. The molecule has 0 atom stereocenters. The van der Waals surface area contributed by atoms with E-state index in [9.17, 15) is 0 Å². The zero-order valence-corrected chi connectivity index (χ0v) is 14.6. The van der Waals surface area contributed by atoms with Crippen LogP contribution >= 0.6 is 11.8 Å². The molecule has 0 unspecified atom stereocenters. The lowest BCUT2D eigenvalue weighted by atomic mass is 10.2. The van der Waals surface area contributed by atoms with Gasteiger partial charge in [-0.3, -0.25) is 5.43 Å². The van der Waals surface area contributed by atoms with E-state index in [4.69, 9.17) is 9.47 Å². The molecule has 1 aliphatic rings. The molecule has 6 nitrogen and oxygen atoms in total. The van der Waals surface area contributed by atoms with Crippen LogP contribution in [-0.2, 0) is 0 Å². The average Bonchev–Trinajstić information content (AvgIpc) is 3.11. The standard InChI is InChI=1S/C18H16N4O2S/c1-23-14-8-6-12(7-9-14)16-11-25-18-20-19-17(22(18)21-16)13-4-3-5-15(10-13)24-2/h3-11,21H,1-2H3. The fraction of sp³-hybridized carbons (Fsp3) is 0.111. The van der Waals surface area contributed by atoms with Crippen LogP contribution < -0.4 is 14.9 Å². The highest BCUT2D eigenvalue weighted by molar-refractivity contribution is 8.02. The van der Waals surface area contributed by atoms with E-state index in [0.717, 1.165) is 39.3 Å². The highest BCUT2D eigenvalue weighted by Gasteiger charge is 2.19. The van der Waals surface area contributed by atoms with Crippen LogP contribution in [-0.4, -0.2) is 29.1 Å². The van der Waals surface area contributed by atoms with Gasteiger partial charge in [-0.1, -0.05) is 23.9 Å². The minimum atomic E-state index is 0.737. The van der Waals surface area contributed by atoms with E-state index in [1.807, 2.05) is 58.6 Å². The lowest BCUT2D eigenvalue weighted by Gasteiger charge is -2.19. The Balaban J connectivity index is 1.66. The van der Waals surface area contributed by atoms with Gasteiger partial charge in [-0.15, -0.1) is 10.2 Å². The molecule has 25 heavy (non-hydrogen) atoms. The number of methoxy groups -OCH3 is 2. The molecule has 0 spiro atoms. The number of benzene rings is 2. The molecule has 2 aromatic carbocycles. The number of hydrogen-bond acceptors (Lipinski definition) is 6. The van der Waals surface area contributed by atoms with E-state index in [1.54, 1.807) is 14.2 Å². The molecule has 1 aromatic heterocycles. The van der Waals surface area contributed by atoms with Crippen LogP contribution in [0.15, 0.2) is 59.1 Å². The van der Waals surface area contributed by atoms with Crippen LogP contribution in [0.25, 0.3) is 17.1 Å². The summed E-state index contributed by atoms with van der Waals surface area (Å²) >= 11 is 1.53. The van der Waals surface area contributed by atoms with E-state index < -0.39 is 0 Å². The first-order valence-electron chi connectivity index (χ1n) is 7.66. The molecule has 3 aromatic rings. The van der Waals surface area contributed by atoms with Gasteiger partial charge in [0, 0.05) is 16.5 Å². The fourth-order valence-electron chi connectivity index (χ4n) is 2.56. The van der Waals surface area contributed by atoms with Gasteiger partial charge in [0.15, 0.2) is 5.82 Å². The Kier molecular flexibility index (Phi) is 4.07. The number of thioether (sulfide) groups is 1. The summed E-state index contributed by atoms with van der Waals surface area (Å²) in [7, 11) is 3.31. The minimum Gasteiger partial charge on any atom is -0.497 e. The molecule has 0 radical (unpaired) electrons. The summed E-state index contributed by atoms with van der Waals surface area (Å²) < 4.78 is 12.4. The van der Waals surface area contributed by atoms with Crippen molar-refractivity contribution in [3.63, 3.8) is 0 Å². The minimum absolute atomic E-state index is 0.737. The number of rotatable bonds is 4. The maximum Gasteiger partial charge on any atom is 0.214 e. The molecular weight excluding hydrogens is 336 g/mol. The fourth-order valence-corrected chi connectivity index (χ4v) is 3.30. The first kappa shape index (κ1) is 15.6. The van der Waals surface area contributed by atoms with E-state index in [2.05, 4.69) is 15.6 Å². The molecule has 126 valence electrons. The van der Waals surface area contributed by atoms with Gasteiger partial charge in [-0.05, 0) is 36.4 Å². The first-order chi connectivity index (χ1) is 12.3. The first-order valence-corrected chi connectivity index (χ1v) is 8.54. The number of nitrogens with one attached hydrogen (secondary N) is 1. The van der Waals surface area contributed by atoms with Crippen LogP contribution in [0.1, 0.15) is 5.56 Å². The van der Waals surface area contributed by atoms with E-state index in [0.29, 0.717) is 0 Å². The average molecular weight is 352 g/mol. The Hall–Kier alpha value is -2.93. The zero-order valence-electron chi connectivity index (χ0n) is 13.8. The molecule has 7 heteroatoms. The van der Waals surface area contributed by atoms with Crippen LogP contribution in [0.3, 0.4) is 0 Å². The normalized spacial score (nSPS) is 12.8. The van der Waals surface area contributed by atoms with Crippen LogP contribution in [0.5, 0.6) is 11.5 Å². The molecule has 0 fully saturated rings. The molecule has 0 amide bonds. The summed E-state index contributed by atoms with van der Waals surface area (Å²) in [6.07, 6.45) is 0. The quantitative estimate of drug-likeness (QED) is 0.774. The summed E-state index contributed by atoms with van der Waals surface area (Å²) in [5.74, 6) is 2.35. The largest absolute Gasteiger partial charge is 0.497 e. The maximum atomic E-state index is 5.30. The number of aromatic nitrogens is 3. The van der Waals surface area contributed by atoms with Crippen molar-refractivity contribution < 1.29 is 9.47 Å². The number of hydrogen-bond donors (Lipinski definition) is 1. The van der Waals surface area contributed by atoms with E-state index in [-0.39, 0.29) is 0 Å². The molecule has 1 N–H and O–H groups in total. The lowest BCUT2D eigenvalue weighted by Crippen LogP contribution is -2.18. The lowest BCUT2D eigenvalue weighted by molar-refractivity contribution is 0.414. The second-order valence-corrected chi connectivity index (χ2v) is 6.20. The summed E-state index contributed by atoms with van der Waals surface area (Å²) in [6, 6.07) is 15.7. The molecular formula is C18H16N4O2S. The van der Waals surface area contributed by atoms with Gasteiger partial charge in [-0.2, -0.15) is 0 Å². The second-order valence-electron chi connectivity index (χ2n) is 5.36. The smallest absolute Gasteiger partial charge is 0.214 e. The number of ether oxygens (including phenoxy) is 2. The third kappa shape index (κ3) is 2.94. The molecule has 0 aliphatic carbocycles. The third-order valence-corrected chi connectivity index (χ3v) is 4.71. The van der Waals surface area contributed by atoms with Crippen molar-refractivity contribution in [3.8, 4) is 22.9 Å². The monoisotopic (exact) mass is 352 g/mol. The van der Waals surface area contributed by atoms with Crippen molar-refractivity contribution >= 4 is 17.5 Å². The van der Waals surface area contributed by atoms with E-state index in [1.165, 1.54) is 11.8 Å². The maximum absolute atomic E-state index is 5.30. The van der Waals surface area contributed by atoms with Gasteiger partial charge in [0.2, 0.25) is 5.16 Å². The van der Waals surface area contributed by atoms with Crippen molar-refractivity contribution in [3.05, 3.63) is 59.5 Å². The zero-order chi connectivity index (χ0) is 17.2. The predicted octanol–water partition coefficient (Wildman–Crippen LogP) is 3.61. The van der Waals surface area contributed by atoms with Crippen LogP contribution in [0.4, 0.5) is 0 Å². The topological polar surface area (TPSA) is 61.2 Å². The highest BCUT2D eigenvalue weighted by Crippen LogP contribution is 2.32. The van der Waals surface area contributed by atoms with Gasteiger partial charge >= 0.3 is 0 Å². The third-order valence-electron chi connectivity index (χ3n) is 3.88. The van der Waals surface area contributed by atoms with Crippen LogP contribution in [0, 0.1) is 0 Å². The van der Waals surface area contributed by atoms with Crippen molar-refractivity contribution in [2.75, 3.05) is 19.6 Å². The number of nitrogens with zero attached hydrogens (tertiary/aromatic N) is 3. The molecule has 0 saturated heterocycles. The Morgan fingerprint density at radius 1 is 0.920 bits per heavy atom. The highest BCUT2D eigenvalue weighted by atomic mass is 32.2. The Labute approximate surface area is 149 Å².